The van der Waals surface area contributed by atoms with Gasteiger partial charge in [0.2, 0.25) is 0 Å². The molecule has 1 N–H and O–H groups in total. The summed E-state index contributed by atoms with van der Waals surface area (Å²) in [6.45, 7) is 0. The van der Waals surface area contributed by atoms with Gasteiger partial charge in [0.05, 0.1) is 4.47 Å². The van der Waals surface area contributed by atoms with Crippen molar-refractivity contribution in [3.05, 3.63) is 26.9 Å². The summed E-state index contributed by atoms with van der Waals surface area (Å²) in [6, 6.07) is 1.44. The van der Waals surface area contributed by atoms with Gasteiger partial charge < -0.3 is 5.11 Å². The van der Waals surface area contributed by atoms with Gasteiger partial charge in [0.15, 0.2) is 0 Å². The van der Waals surface area contributed by atoms with Gasteiger partial charge in [-0.05, 0) is 37.9 Å². The van der Waals surface area contributed by atoms with Crippen molar-refractivity contribution >= 4 is 37.8 Å². The second-order valence-electron chi connectivity index (χ2n) is 1.79. The molecule has 0 unspecified atom stereocenters. The fraction of sp³-hybridized carbons (Fsp3) is 0. The lowest BCUT2D eigenvalue weighted by molar-refractivity contribution is 0.0690. The first kappa shape index (κ1) is 8.67. The van der Waals surface area contributed by atoms with Crippen molar-refractivity contribution in [1.82, 2.24) is 4.98 Å². The van der Waals surface area contributed by atoms with Gasteiger partial charge in [-0.1, -0.05) is 0 Å². The molecular weight excluding hydrogens is 278 g/mol. The molecule has 1 heterocycles. The number of carboxylic acid groups (broad SMARTS) is 1. The zero-order chi connectivity index (χ0) is 8.43. The summed E-state index contributed by atoms with van der Waals surface area (Å²) >= 11 is 6.34. The number of carbonyl (C=O) groups is 1. The number of nitrogens with zero attached hydrogens (tertiary/aromatic N) is 1. The first-order valence-electron chi connectivity index (χ1n) is 2.65. The second-order valence-corrected chi connectivity index (χ2v) is 3.50. The summed E-state index contributed by atoms with van der Waals surface area (Å²) in [7, 11) is 0. The molecule has 0 aromatic carbocycles. The lowest BCUT2D eigenvalue weighted by Gasteiger charge is -1.95. The van der Waals surface area contributed by atoms with E-state index in [1.807, 2.05) is 0 Å². The molecule has 0 amide bonds. The number of rotatable bonds is 1. The van der Waals surface area contributed by atoms with Crippen LogP contribution < -0.4 is 0 Å². The zero-order valence-corrected chi connectivity index (χ0v) is 8.39. The molecule has 58 valence electrons. The third-order valence-electron chi connectivity index (χ3n) is 1.03. The Labute approximate surface area is 79.7 Å². The second kappa shape index (κ2) is 3.32. The first-order valence-corrected chi connectivity index (χ1v) is 4.24. The van der Waals surface area contributed by atoms with Crippen LogP contribution in [0.2, 0.25) is 0 Å². The minimum absolute atomic E-state index is 0.0278. The SMILES string of the molecule is O=C(O)c1cc(Br)c(Br)cn1. The van der Waals surface area contributed by atoms with E-state index in [2.05, 4.69) is 36.8 Å². The zero-order valence-electron chi connectivity index (χ0n) is 5.21. The largest absolute Gasteiger partial charge is 0.477 e. The molecule has 0 spiro atoms. The lowest BCUT2D eigenvalue weighted by Crippen LogP contribution is -1.99. The minimum Gasteiger partial charge on any atom is -0.477 e. The van der Waals surface area contributed by atoms with E-state index in [9.17, 15) is 4.79 Å². The highest BCUT2D eigenvalue weighted by molar-refractivity contribution is 9.13. The van der Waals surface area contributed by atoms with Crippen LogP contribution >= 0.6 is 31.9 Å². The molecule has 1 rings (SSSR count). The van der Waals surface area contributed by atoms with Gasteiger partial charge in [0, 0.05) is 10.7 Å². The Morgan fingerprint density at radius 2 is 2.09 bits per heavy atom. The van der Waals surface area contributed by atoms with Crippen LogP contribution in [0.1, 0.15) is 10.5 Å². The van der Waals surface area contributed by atoms with E-state index in [4.69, 9.17) is 5.11 Å². The fourth-order valence-electron chi connectivity index (χ4n) is 0.531. The van der Waals surface area contributed by atoms with Crippen molar-refractivity contribution in [2.75, 3.05) is 0 Å². The Morgan fingerprint density at radius 1 is 1.45 bits per heavy atom. The molecule has 0 atom stereocenters. The molecule has 0 bridgehead atoms. The Kier molecular flexibility index (Phi) is 2.62. The van der Waals surface area contributed by atoms with Crippen molar-refractivity contribution in [3.63, 3.8) is 0 Å². The highest BCUT2D eigenvalue weighted by atomic mass is 79.9. The molecule has 0 saturated carbocycles. The van der Waals surface area contributed by atoms with Gasteiger partial charge in [-0.15, -0.1) is 0 Å². The number of hydrogen-bond donors (Lipinski definition) is 1. The summed E-state index contributed by atoms with van der Waals surface area (Å²) in [5.41, 5.74) is 0.0278. The summed E-state index contributed by atoms with van der Waals surface area (Å²) in [5.74, 6) is -1.03. The van der Waals surface area contributed by atoms with Crippen LogP contribution in [0.25, 0.3) is 0 Å². The summed E-state index contributed by atoms with van der Waals surface area (Å²) < 4.78 is 1.42. The predicted molar refractivity (Wildman–Crippen MR) is 46.6 cm³/mol. The molecule has 5 heteroatoms. The van der Waals surface area contributed by atoms with Gasteiger partial charge in [-0.25, -0.2) is 9.78 Å². The molecule has 0 fully saturated rings. The average Bonchev–Trinajstić information content (AvgIpc) is 1.94. The lowest BCUT2D eigenvalue weighted by atomic mass is 10.4. The highest BCUT2D eigenvalue weighted by Gasteiger charge is 2.05. The van der Waals surface area contributed by atoms with Gasteiger partial charge in [-0.3, -0.25) is 0 Å². The number of aromatic nitrogens is 1. The Balaban J connectivity index is 3.15. The summed E-state index contributed by atoms with van der Waals surface area (Å²) in [5, 5.41) is 8.50. The number of hydrogen-bond acceptors (Lipinski definition) is 2. The standard InChI is InChI=1S/C6H3Br2NO2/c7-3-1-5(6(10)11)9-2-4(3)8/h1-2H,(H,10,11). The van der Waals surface area contributed by atoms with Crippen molar-refractivity contribution in [2.24, 2.45) is 0 Å². The minimum atomic E-state index is -1.03. The van der Waals surface area contributed by atoms with E-state index in [-0.39, 0.29) is 5.69 Å². The summed E-state index contributed by atoms with van der Waals surface area (Å²) in [4.78, 5) is 14.0. The smallest absolute Gasteiger partial charge is 0.354 e. The molecular formula is C6H3Br2NO2. The quantitative estimate of drug-likeness (QED) is 0.859. The first-order chi connectivity index (χ1) is 5.11. The third-order valence-corrected chi connectivity index (χ3v) is 2.85. The molecule has 3 nitrogen and oxygen atoms in total. The van der Waals surface area contributed by atoms with E-state index < -0.39 is 5.97 Å². The van der Waals surface area contributed by atoms with Crippen LogP contribution in [0.4, 0.5) is 0 Å². The maximum Gasteiger partial charge on any atom is 0.354 e. The van der Waals surface area contributed by atoms with Crippen LogP contribution in [0.5, 0.6) is 0 Å². The summed E-state index contributed by atoms with van der Waals surface area (Å²) in [6.07, 6.45) is 1.44. The topological polar surface area (TPSA) is 50.2 Å². The van der Waals surface area contributed by atoms with Crippen molar-refractivity contribution in [2.45, 2.75) is 0 Å². The molecule has 11 heavy (non-hydrogen) atoms. The third kappa shape index (κ3) is 2.00. The van der Waals surface area contributed by atoms with Crippen LogP contribution in [-0.4, -0.2) is 16.1 Å². The van der Waals surface area contributed by atoms with Crippen molar-refractivity contribution < 1.29 is 9.90 Å². The Morgan fingerprint density at radius 3 is 2.55 bits per heavy atom. The number of halogens is 2. The van der Waals surface area contributed by atoms with Crippen LogP contribution in [0, 0.1) is 0 Å². The number of carboxylic acids is 1. The maximum atomic E-state index is 10.4. The van der Waals surface area contributed by atoms with Crippen molar-refractivity contribution in [3.8, 4) is 0 Å². The van der Waals surface area contributed by atoms with E-state index in [1.54, 1.807) is 0 Å². The molecule has 1 aromatic rings. The van der Waals surface area contributed by atoms with E-state index in [0.717, 1.165) is 4.47 Å². The van der Waals surface area contributed by atoms with Crippen LogP contribution in [0.15, 0.2) is 21.2 Å². The predicted octanol–water partition coefficient (Wildman–Crippen LogP) is 2.30. The molecule has 0 radical (unpaired) electrons. The van der Waals surface area contributed by atoms with Crippen LogP contribution in [0.3, 0.4) is 0 Å². The van der Waals surface area contributed by atoms with E-state index >= 15 is 0 Å². The molecule has 1 aromatic heterocycles. The van der Waals surface area contributed by atoms with Gasteiger partial charge in [0.1, 0.15) is 5.69 Å². The van der Waals surface area contributed by atoms with E-state index in [1.165, 1.54) is 12.3 Å². The molecule has 0 aliphatic heterocycles. The molecule has 0 aliphatic carbocycles. The Bertz CT molecular complexity index is 301. The number of pyridine rings is 1. The number of aromatic carboxylic acids is 1. The molecule has 0 aliphatic rings. The van der Waals surface area contributed by atoms with Crippen molar-refractivity contribution in [1.29, 1.82) is 0 Å². The fourth-order valence-corrected chi connectivity index (χ4v) is 1.07. The monoisotopic (exact) mass is 279 g/mol. The van der Waals surface area contributed by atoms with Gasteiger partial charge in [0.25, 0.3) is 0 Å². The van der Waals surface area contributed by atoms with Gasteiger partial charge >= 0.3 is 5.97 Å². The van der Waals surface area contributed by atoms with E-state index in [0.29, 0.717) is 4.47 Å². The van der Waals surface area contributed by atoms with Crippen LogP contribution in [-0.2, 0) is 0 Å². The van der Waals surface area contributed by atoms with Gasteiger partial charge in [-0.2, -0.15) is 0 Å². The average molecular weight is 281 g/mol. The maximum absolute atomic E-state index is 10.4. The normalized spacial score (nSPS) is 9.64. The molecule has 0 saturated heterocycles. The Hall–Kier alpha value is -0.420. The highest BCUT2D eigenvalue weighted by Crippen LogP contribution is 2.21.